The summed E-state index contributed by atoms with van der Waals surface area (Å²) in [4.78, 5) is 15.4. The van der Waals surface area contributed by atoms with Crippen LogP contribution >= 0.6 is 11.6 Å². The monoisotopic (exact) mass is 328 g/mol. The Bertz CT molecular complexity index is 825. The van der Waals surface area contributed by atoms with Crippen molar-refractivity contribution in [1.29, 1.82) is 0 Å². The van der Waals surface area contributed by atoms with Crippen LogP contribution in [0.1, 0.15) is 12.5 Å². The van der Waals surface area contributed by atoms with E-state index in [1.807, 2.05) is 55.6 Å². The molecule has 2 N–H and O–H groups in total. The van der Waals surface area contributed by atoms with Crippen molar-refractivity contribution in [3.63, 3.8) is 0 Å². The first-order valence-electron chi connectivity index (χ1n) is 7.44. The Balaban J connectivity index is 1.68. The number of amides is 1. The molecule has 1 aromatic heterocycles. The van der Waals surface area contributed by atoms with Crippen molar-refractivity contribution >= 4 is 34.1 Å². The van der Waals surface area contributed by atoms with E-state index in [2.05, 4.69) is 10.3 Å². The van der Waals surface area contributed by atoms with Crippen molar-refractivity contribution in [2.24, 2.45) is 0 Å². The predicted molar refractivity (Wildman–Crippen MR) is 93.3 cm³/mol. The number of rotatable bonds is 5. The molecule has 0 atom stereocenters. The summed E-state index contributed by atoms with van der Waals surface area (Å²) in [6.07, 6.45) is 2.15. The predicted octanol–water partition coefficient (Wildman–Crippen LogP) is 4.40. The second kappa shape index (κ2) is 6.75. The van der Waals surface area contributed by atoms with Crippen LogP contribution in [0.3, 0.4) is 0 Å². The third-order valence-corrected chi connectivity index (χ3v) is 3.76. The van der Waals surface area contributed by atoms with Gasteiger partial charge in [-0.1, -0.05) is 17.7 Å². The molecule has 2 aromatic carbocycles. The Morgan fingerprint density at radius 3 is 2.74 bits per heavy atom. The van der Waals surface area contributed by atoms with Gasteiger partial charge in [-0.2, -0.15) is 0 Å². The first kappa shape index (κ1) is 15.4. The molecule has 3 aromatic rings. The van der Waals surface area contributed by atoms with Crippen molar-refractivity contribution in [2.75, 3.05) is 11.9 Å². The normalized spacial score (nSPS) is 10.7. The molecule has 0 aliphatic carbocycles. The largest absolute Gasteiger partial charge is 0.494 e. The van der Waals surface area contributed by atoms with Crippen molar-refractivity contribution in [2.45, 2.75) is 13.3 Å². The molecule has 1 heterocycles. The molecule has 0 fully saturated rings. The van der Waals surface area contributed by atoms with E-state index in [9.17, 15) is 4.79 Å². The number of H-pyrrole nitrogens is 1. The number of halogens is 1. The lowest BCUT2D eigenvalue weighted by molar-refractivity contribution is -0.115. The van der Waals surface area contributed by atoms with Gasteiger partial charge in [0.25, 0.3) is 0 Å². The smallest absolute Gasteiger partial charge is 0.228 e. The summed E-state index contributed by atoms with van der Waals surface area (Å²) < 4.78 is 5.38. The lowest BCUT2D eigenvalue weighted by Crippen LogP contribution is -2.14. The van der Waals surface area contributed by atoms with Crippen molar-refractivity contribution in [3.8, 4) is 5.75 Å². The topological polar surface area (TPSA) is 54.1 Å². The van der Waals surface area contributed by atoms with Gasteiger partial charge in [0, 0.05) is 27.8 Å². The minimum absolute atomic E-state index is 0.0648. The number of benzene rings is 2. The molecule has 0 saturated carbocycles. The summed E-state index contributed by atoms with van der Waals surface area (Å²) in [5.41, 5.74) is 2.63. The maximum atomic E-state index is 12.2. The van der Waals surface area contributed by atoms with Gasteiger partial charge in [-0.25, -0.2) is 0 Å². The zero-order valence-corrected chi connectivity index (χ0v) is 13.5. The molecule has 0 unspecified atom stereocenters. The molecule has 4 nitrogen and oxygen atoms in total. The third kappa shape index (κ3) is 3.66. The molecule has 0 spiro atoms. The Labute approximate surface area is 139 Å². The van der Waals surface area contributed by atoms with E-state index in [-0.39, 0.29) is 5.91 Å². The Hall–Kier alpha value is -2.46. The summed E-state index contributed by atoms with van der Waals surface area (Å²) in [5.74, 6) is 0.726. The zero-order chi connectivity index (χ0) is 16.2. The summed E-state index contributed by atoms with van der Waals surface area (Å²) in [7, 11) is 0. The number of ether oxygens (including phenoxy) is 1. The lowest BCUT2D eigenvalue weighted by Gasteiger charge is -2.07. The summed E-state index contributed by atoms with van der Waals surface area (Å²) in [6, 6.07) is 12.9. The molecule has 0 bridgehead atoms. The van der Waals surface area contributed by atoms with Gasteiger partial charge in [-0.3, -0.25) is 4.79 Å². The number of aromatic amines is 1. The number of nitrogens with one attached hydrogen (secondary N) is 2. The highest BCUT2D eigenvalue weighted by molar-refractivity contribution is 6.31. The highest BCUT2D eigenvalue weighted by atomic mass is 35.5. The molecule has 0 aliphatic rings. The van der Waals surface area contributed by atoms with Gasteiger partial charge in [0.05, 0.1) is 13.0 Å². The van der Waals surface area contributed by atoms with E-state index in [0.717, 1.165) is 27.9 Å². The van der Waals surface area contributed by atoms with E-state index in [4.69, 9.17) is 16.3 Å². The Morgan fingerprint density at radius 2 is 2.00 bits per heavy atom. The quantitative estimate of drug-likeness (QED) is 0.729. The lowest BCUT2D eigenvalue weighted by atomic mass is 10.1. The average Bonchev–Trinajstić information content (AvgIpc) is 2.91. The number of hydrogen-bond donors (Lipinski definition) is 2. The van der Waals surface area contributed by atoms with Crippen LogP contribution in [-0.2, 0) is 11.2 Å². The van der Waals surface area contributed by atoms with Gasteiger partial charge in [0.15, 0.2) is 0 Å². The second-order valence-electron chi connectivity index (χ2n) is 5.19. The molecular weight excluding hydrogens is 312 g/mol. The number of carbonyl (C=O) groups excluding carboxylic acids is 1. The first-order valence-corrected chi connectivity index (χ1v) is 7.81. The Kier molecular flexibility index (Phi) is 4.53. The van der Waals surface area contributed by atoms with Gasteiger partial charge in [-0.15, -0.1) is 0 Å². The van der Waals surface area contributed by atoms with Crippen LogP contribution in [0.15, 0.2) is 48.7 Å². The molecule has 0 aliphatic heterocycles. The van der Waals surface area contributed by atoms with Crippen LogP contribution in [0.4, 0.5) is 5.69 Å². The van der Waals surface area contributed by atoms with E-state index < -0.39 is 0 Å². The van der Waals surface area contributed by atoms with Crippen LogP contribution < -0.4 is 10.1 Å². The summed E-state index contributed by atoms with van der Waals surface area (Å²) >= 11 is 5.97. The van der Waals surface area contributed by atoms with Crippen molar-refractivity contribution in [3.05, 3.63) is 59.2 Å². The molecular formula is C18H17ClN2O2. The second-order valence-corrected chi connectivity index (χ2v) is 5.62. The Morgan fingerprint density at radius 1 is 1.22 bits per heavy atom. The van der Waals surface area contributed by atoms with E-state index in [1.54, 1.807) is 0 Å². The molecule has 118 valence electrons. The molecule has 5 heteroatoms. The van der Waals surface area contributed by atoms with E-state index in [1.165, 1.54) is 0 Å². The summed E-state index contributed by atoms with van der Waals surface area (Å²) in [6.45, 7) is 2.56. The van der Waals surface area contributed by atoms with Gasteiger partial charge in [0.2, 0.25) is 5.91 Å². The molecule has 0 radical (unpaired) electrons. The van der Waals surface area contributed by atoms with Crippen LogP contribution in [0.5, 0.6) is 5.75 Å². The number of aromatic nitrogens is 1. The van der Waals surface area contributed by atoms with E-state index >= 15 is 0 Å². The average molecular weight is 329 g/mol. The number of carbonyl (C=O) groups is 1. The maximum absolute atomic E-state index is 12.2. The van der Waals surface area contributed by atoms with Crippen LogP contribution in [0, 0.1) is 0 Å². The highest BCUT2D eigenvalue weighted by Crippen LogP contribution is 2.23. The molecule has 23 heavy (non-hydrogen) atoms. The SMILES string of the molecule is CCOc1ccc(NC(=O)Cc2c[nH]c3cc(Cl)ccc23)cc1. The fourth-order valence-corrected chi connectivity index (χ4v) is 2.66. The third-order valence-electron chi connectivity index (χ3n) is 3.53. The first-order chi connectivity index (χ1) is 11.2. The van der Waals surface area contributed by atoms with Gasteiger partial charge in [-0.05, 0) is 48.9 Å². The minimum atomic E-state index is -0.0648. The van der Waals surface area contributed by atoms with Gasteiger partial charge >= 0.3 is 0 Å². The fraction of sp³-hybridized carbons (Fsp3) is 0.167. The van der Waals surface area contributed by atoms with Gasteiger partial charge in [0.1, 0.15) is 5.75 Å². The molecule has 0 saturated heterocycles. The van der Waals surface area contributed by atoms with Crippen molar-refractivity contribution in [1.82, 2.24) is 4.98 Å². The van der Waals surface area contributed by atoms with Gasteiger partial charge < -0.3 is 15.0 Å². The van der Waals surface area contributed by atoms with Crippen LogP contribution in [0.25, 0.3) is 10.9 Å². The number of fused-ring (bicyclic) bond motifs is 1. The van der Waals surface area contributed by atoms with Crippen molar-refractivity contribution < 1.29 is 9.53 Å². The zero-order valence-electron chi connectivity index (χ0n) is 12.7. The number of anilines is 1. The molecule has 3 rings (SSSR count). The fourth-order valence-electron chi connectivity index (χ4n) is 2.48. The summed E-state index contributed by atoms with van der Waals surface area (Å²) in [5, 5.41) is 4.57. The highest BCUT2D eigenvalue weighted by Gasteiger charge is 2.09. The minimum Gasteiger partial charge on any atom is -0.494 e. The maximum Gasteiger partial charge on any atom is 0.228 e. The van der Waals surface area contributed by atoms with E-state index in [0.29, 0.717) is 18.1 Å². The standard InChI is InChI=1S/C18H17ClN2O2/c1-2-23-15-6-4-14(5-7-15)21-18(22)9-12-11-20-17-10-13(19)3-8-16(12)17/h3-8,10-11,20H,2,9H2,1H3,(H,21,22). The number of hydrogen-bond acceptors (Lipinski definition) is 2. The van der Waals surface area contributed by atoms with Crippen LogP contribution in [0.2, 0.25) is 5.02 Å². The molecule has 1 amide bonds. The van der Waals surface area contributed by atoms with Crippen LogP contribution in [-0.4, -0.2) is 17.5 Å².